The summed E-state index contributed by atoms with van der Waals surface area (Å²) in [6, 6.07) is 5.07. The molecule has 1 heterocycles. The maximum atomic E-state index is 11.4. The normalized spacial score (nSPS) is 9.45. The Labute approximate surface area is 114 Å². The van der Waals surface area contributed by atoms with Crippen LogP contribution in [0.5, 0.6) is 0 Å². The monoisotopic (exact) mass is 269 g/mol. The van der Waals surface area contributed by atoms with Crippen molar-refractivity contribution in [1.82, 2.24) is 10.2 Å². The molecule has 0 aliphatic heterocycles. The fourth-order valence-corrected chi connectivity index (χ4v) is 1.65. The van der Waals surface area contributed by atoms with E-state index in [4.69, 9.17) is 5.53 Å². The molecule has 2 aromatic rings. The molecule has 0 atom stereocenters. The van der Waals surface area contributed by atoms with Crippen LogP contribution in [0.1, 0.15) is 22.5 Å². The number of hydrogen-bond donors (Lipinski definition) is 1. The molecule has 20 heavy (non-hydrogen) atoms. The van der Waals surface area contributed by atoms with Crippen molar-refractivity contribution in [2.24, 2.45) is 5.11 Å². The third-order valence-corrected chi connectivity index (χ3v) is 2.59. The van der Waals surface area contributed by atoms with Crippen molar-refractivity contribution >= 4 is 16.9 Å². The number of H-pyrrole nitrogens is 1. The standard InChI is InChI=1S/C13H11N5O2/c1-20-13(19)9-5-6-10-11(16-17-12(10)8-9)4-2-3-7-15-18-14/h5-6,8H,3,7H2,1H3,(H,16,17). The van der Waals surface area contributed by atoms with Crippen LogP contribution in [0, 0.1) is 11.8 Å². The molecule has 0 saturated heterocycles. The number of esters is 1. The van der Waals surface area contributed by atoms with E-state index in [0.717, 1.165) is 5.39 Å². The van der Waals surface area contributed by atoms with Crippen molar-refractivity contribution in [2.45, 2.75) is 6.42 Å². The van der Waals surface area contributed by atoms with Crippen molar-refractivity contribution in [3.05, 3.63) is 39.9 Å². The minimum absolute atomic E-state index is 0.335. The minimum atomic E-state index is -0.406. The van der Waals surface area contributed by atoms with Gasteiger partial charge >= 0.3 is 5.97 Å². The predicted molar refractivity (Wildman–Crippen MR) is 72.9 cm³/mol. The highest BCUT2D eigenvalue weighted by Crippen LogP contribution is 2.17. The van der Waals surface area contributed by atoms with Gasteiger partial charge in [-0.15, -0.1) is 0 Å². The van der Waals surface area contributed by atoms with Gasteiger partial charge in [0.05, 0.1) is 18.2 Å². The van der Waals surface area contributed by atoms with Crippen LogP contribution in [0.3, 0.4) is 0 Å². The van der Waals surface area contributed by atoms with Crippen LogP contribution in [-0.4, -0.2) is 29.8 Å². The lowest BCUT2D eigenvalue weighted by Crippen LogP contribution is -2.00. The summed E-state index contributed by atoms with van der Waals surface area (Å²) >= 11 is 0. The molecular weight excluding hydrogens is 258 g/mol. The SMILES string of the molecule is COC(=O)c1ccc2c(C#CCCN=[N+]=[N-])[nH]nc2c1. The average Bonchev–Trinajstić information content (AvgIpc) is 2.88. The molecule has 0 spiro atoms. The Morgan fingerprint density at radius 1 is 1.60 bits per heavy atom. The third-order valence-electron chi connectivity index (χ3n) is 2.59. The van der Waals surface area contributed by atoms with Crippen LogP contribution < -0.4 is 0 Å². The Morgan fingerprint density at radius 2 is 2.45 bits per heavy atom. The van der Waals surface area contributed by atoms with Gasteiger partial charge in [0.25, 0.3) is 0 Å². The second kappa shape index (κ2) is 6.27. The zero-order chi connectivity index (χ0) is 14.4. The second-order valence-electron chi connectivity index (χ2n) is 3.83. The van der Waals surface area contributed by atoms with Gasteiger partial charge in [-0.1, -0.05) is 11.0 Å². The van der Waals surface area contributed by atoms with Crippen LogP contribution in [0.2, 0.25) is 0 Å². The molecule has 0 bridgehead atoms. The van der Waals surface area contributed by atoms with Gasteiger partial charge in [0, 0.05) is 23.3 Å². The Kier molecular flexibility index (Phi) is 4.22. The van der Waals surface area contributed by atoms with E-state index in [1.165, 1.54) is 7.11 Å². The van der Waals surface area contributed by atoms with Gasteiger partial charge in [0.1, 0.15) is 5.69 Å². The van der Waals surface area contributed by atoms with E-state index in [0.29, 0.717) is 29.7 Å². The predicted octanol–water partition coefficient (Wildman–Crippen LogP) is 2.40. The zero-order valence-electron chi connectivity index (χ0n) is 10.8. The Bertz CT molecular complexity index is 747. The van der Waals surface area contributed by atoms with Gasteiger partial charge in [0.2, 0.25) is 0 Å². The van der Waals surface area contributed by atoms with Crippen LogP contribution >= 0.6 is 0 Å². The lowest BCUT2D eigenvalue weighted by molar-refractivity contribution is 0.0601. The average molecular weight is 269 g/mol. The van der Waals surface area contributed by atoms with Crippen molar-refractivity contribution in [3.8, 4) is 11.8 Å². The van der Waals surface area contributed by atoms with Crippen molar-refractivity contribution in [2.75, 3.05) is 13.7 Å². The van der Waals surface area contributed by atoms with Gasteiger partial charge in [-0.2, -0.15) is 5.10 Å². The number of fused-ring (bicyclic) bond motifs is 1. The summed E-state index contributed by atoms with van der Waals surface area (Å²) in [4.78, 5) is 14.1. The first-order valence-corrected chi connectivity index (χ1v) is 5.82. The summed E-state index contributed by atoms with van der Waals surface area (Å²) in [6.45, 7) is 0.335. The van der Waals surface area contributed by atoms with Gasteiger partial charge in [0.15, 0.2) is 0 Å². The lowest BCUT2D eigenvalue weighted by atomic mass is 10.1. The van der Waals surface area contributed by atoms with Crippen molar-refractivity contribution in [1.29, 1.82) is 0 Å². The number of methoxy groups -OCH3 is 1. The molecule has 0 aliphatic rings. The van der Waals surface area contributed by atoms with Crippen molar-refractivity contribution < 1.29 is 9.53 Å². The summed E-state index contributed by atoms with van der Waals surface area (Å²) in [7, 11) is 1.33. The topological polar surface area (TPSA) is 104 Å². The number of azide groups is 1. The lowest BCUT2D eigenvalue weighted by Gasteiger charge is -1.97. The molecule has 7 nitrogen and oxygen atoms in total. The molecule has 1 N–H and O–H groups in total. The van der Waals surface area contributed by atoms with E-state index in [2.05, 4.69) is 36.8 Å². The minimum Gasteiger partial charge on any atom is -0.465 e. The first kappa shape index (κ1) is 13.5. The highest BCUT2D eigenvalue weighted by atomic mass is 16.5. The van der Waals surface area contributed by atoms with E-state index < -0.39 is 5.97 Å². The van der Waals surface area contributed by atoms with E-state index >= 15 is 0 Å². The Morgan fingerprint density at radius 3 is 3.20 bits per heavy atom. The fourth-order valence-electron chi connectivity index (χ4n) is 1.65. The van der Waals surface area contributed by atoms with E-state index in [-0.39, 0.29) is 0 Å². The number of nitrogens with zero attached hydrogens (tertiary/aromatic N) is 4. The van der Waals surface area contributed by atoms with E-state index in [1.54, 1.807) is 18.2 Å². The van der Waals surface area contributed by atoms with Gasteiger partial charge < -0.3 is 4.74 Å². The molecule has 0 amide bonds. The Balaban J connectivity index is 2.24. The molecule has 0 aliphatic carbocycles. The summed E-state index contributed by atoms with van der Waals surface area (Å²) in [5.74, 6) is 5.40. The molecule has 0 unspecified atom stereocenters. The number of nitrogens with one attached hydrogen (secondary N) is 1. The highest BCUT2D eigenvalue weighted by molar-refractivity contribution is 5.95. The number of carbonyl (C=O) groups is 1. The van der Waals surface area contributed by atoms with Crippen molar-refractivity contribution in [3.63, 3.8) is 0 Å². The number of rotatable bonds is 3. The fraction of sp³-hybridized carbons (Fsp3) is 0.231. The molecular formula is C13H11N5O2. The molecule has 100 valence electrons. The maximum Gasteiger partial charge on any atom is 0.337 e. The summed E-state index contributed by atoms with van der Waals surface area (Å²) < 4.78 is 4.65. The number of ether oxygens (including phenoxy) is 1. The molecule has 1 aromatic carbocycles. The summed E-state index contributed by atoms with van der Waals surface area (Å²) in [6.07, 6.45) is 0.477. The smallest absolute Gasteiger partial charge is 0.337 e. The molecule has 0 fully saturated rings. The quantitative estimate of drug-likeness (QED) is 0.231. The maximum absolute atomic E-state index is 11.4. The van der Waals surface area contributed by atoms with E-state index in [9.17, 15) is 4.79 Å². The van der Waals surface area contributed by atoms with Crippen LogP contribution in [0.4, 0.5) is 0 Å². The molecule has 1 aromatic heterocycles. The van der Waals surface area contributed by atoms with E-state index in [1.807, 2.05) is 0 Å². The number of aromatic amines is 1. The van der Waals surface area contributed by atoms with Crippen LogP contribution in [-0.2, 0) is 4.74 Å². The molecule has 7 heteroatoms. The molecule has 0 radical (unpaired) electrons. The number of carbonyl (C=O) groups excluding carboxylic acids is 1. The molecule has 0 saturated carbocycles. The largest absolute Gasteiger partial charge is 0.465 e. The van der Waals surface area contributed by atoms with Crippen LogP contribution in [0.25, 0.3) is 21.3 Å². The second-order valence-corrected chi connectivity index (χ2v) is 3.83. The van der Waals surface area contributed by atoms with Gasteiger partial charge in [-0.3, -0.25) is 5.10 Å². The van der Waals surface area contributed by atoms with Crippen LogP contribution in [0.15, 0.2) is 23.3 Å². The number of benzene rings is 1. The molecule has 2 rings (SSSR count). The third kappa shape index (κ3) is 2.88. The summed E-state index contributed by atoms with van der Waals surface area (Å²) in [5, 5.41) is 11.1. The first-order valence-electron chi connectivity index (χ1n) is 5.82. The van der Waals surface area contributed by atoms with Gasteiger partial charge in [-0.05, 0) is 29.7 Å². The van der Waals surface area contributed by atoms with Gasteiger partial charge in [-0.25, -0.2) is 4.79 Å². The first-order chi connectivity index (χ1) is 9.76. The number of aromatic nitrogens is 2. The Hall–Kier alpha value is -2.97. The highest BCUT2D eigenvalue weighted by Gasteiger charge is 2.09. The zero-order valence-corrected chi connectivity index (χ0v) is 10.8. The summed E-state index contributed by atoms with van der Waals surface area (Å²) in [5.41, 5.74) is 9.89. The number of hydrogen-bond acceptors (Lipinski definition) is 4.